The van der Waals surface area contributed by atoms with Crippen LogP contribution in [-0.4, -0.2) is 55.5 Å². The first-order chi connectivity index (χ1) is 9.95. The molecule has 1 saturated heterocycles. The lowest BCUT2D eigenvalue weighted by Crippen LogP contribution is -2.52. The number of carbonyl (C=O) groups is 1. The second-order valence-electron chi connectivity index (χ2n) is 5.10. The predicted molar refractivity (Wildman–Crippen MR) is 84.8 cm³/mol. The average molecular weight is 347 g/mol. The molecule has 2 aliphatic heterocycles. The van der Waals surface area contributed by atoms with Crippen molar-refractivity contribution in [3.05, 3.63) is 21.4 Å². The third kappa shape index (κ3) is 3.26. The number of thioether (sulfide) groups is 1. The van der Waals surface area contributed by atoms with Crippen LogP contribution in [0.5, 0.6) is 0 Å². The summed E-state index contributed by atoms with van der Waals surface area (Å²) in [5.74, 6) is 2.11. The summed E-state index contributed by atoms with van der Waals surface area (Å²) in [7, 11) is -3.65. The number of thiophene rings is 1. The van der Waals surface area contributed by atoms with Gasteiger partial charge in [0.05, 0.1) is 4.88 Å². The molecule has 0 aliphatic carbocycles. The van der Waals surface area contributed by atoms with Gasteiger partial charge in [-0.3, -0.25) is 4.79 Å². The van der Waals surface area contributed by atoms with Gasteiger partial charge < -0.3 is 4.90 Å². The van der Waals surface area contributed by atoms with E-state index < -0.39 is 10.2 Å². The molecule has 6 nitrogen and oxygen atoms in total. The van der Waals surface area contributed by atoms with Crippen LogP contribution in [-0.2, 0) is 22.4 Å². The minimum absolute atomic E-state index is 0.00784. The van der Waals surface area contributed by atoms with Crippen LogP contribution in [0.3, 0.4) is 0 Å². The van der Waals surface area contributed by atoms with E-state index in [9.17, 15) is 13.2 Å². The zero-order chi connectivity index (χ0) is 15.0. The van der Waals surface area contributed by atoms with Crippen LogP contribution in [0.25, 0.3) is 0 Å². The molecule has 21 heavy (non-hydrogen) atoms. The summed E-state index contributed by atoms with van der Waals surface area (Å²) >= 11 is 3.48. The molecule has 0 bridgehead atoms. The van der Waals surface area contributed by atoms with Crippen LogP contribution in [0, 0.1) is 0 Å². The van der Waals surface area contributed by atoms with Crippen molar-refractivity contribution >= 4 is 39.2 Å². The highest BCUT2D eigenvalue weighted by Crippen LogP contribution is 2.32. The van der Waals surface area contributed by atoms with E-state index in [0.717, 1.165) is 22.8 Å². The van der Waals surface area contributed by atoms with E-state index >= 15 is 0 Å². The first kappa shape index (κ1) is 15.3. The van der Waals surface area contributed by atoms with Gasteiger partial charge in [0, 0.05) is 36.8 Å². The first-order valence-corrected chi connectivity index (χ1v) is 10.2. The first-order valence-electron chi connectivity index (χ1n) is 6.71. The summed E-state index contributed by atoms with van der Waals surface area (Å²) in [5.41, 5.74) is 1.28. The molecule has 2 aliphatic rings. The fourth-order valence-electron chi connectivity index (χ4n) is 2.55. The molecular formula is C12H17N3O3S3. The van der Waals surface area contributed by atoms with Crippen molar-refractivity contribution in [3.63, 3.8) is 0 Å². The molecule has 3 rings (SSSR count). The van der Waals surface area contributed by atoms with Gasteiger partial charge in [0.25, 0.3) is 16.1 Å². The topological polar surface area (TPSA) is 83.7 Å². The van der Waals surface area contributed by atoms with Gasteiger partial charge >= 0.3 is 0 Å². The Morgan fingerprint density at radius 3 is 2.57 bits per heavy atom. The Morgan fingerprint density at radius 1 is 1.24 bits per heavy atom. The summed E-state index contributed by atoms with van der Waals surface area (Å²) in [6, 6.07) is 2.00. The number of fused-ring (bicyclic) bond motifs is 1. The summed E-state index contributed by atoms with van der Waals surface area (Å²) in [6.07, 6.45) is 1.04. The van der Waals surface area contributed by atoms with E-state index in [1.54, 1.807) is 16.2 Å². The minimum Gasteiger partial charge on any atom is -0.335 e. The lowest BCUT2D eigenvalue weighted by molar-refractivity contribution is 0.0702. The number of amides is 1. The van der Waals surface area contributed by atoms with E-state index in [2.05, 4.69) is 0 Å². The van der Waals surface area contributed by atoms with Gasteiger partial charge in [-0.1, -0.05) is 0 Å². The van der Waals surface area contributed by atoms with Crippen molar-refractivity contribution in [2.45, 2.75) is 12.2 Å². The molecule has 1 aromatic rings. The highest BCUT2D eigenvalue weighted by atomic mass is 32.2. The number of nitrogens with two attached hydrogens (primary N) is 1. The smallest absolute Gasteiger partial charge is 0.277 e. The van der Waals surface area contributed by atoms with Gasteiger partial charge in [-0.2, -0.15) is 24.5 Å². The summed E-state index contributed by atoms with van der Waals surface area (Å²) in [4.78, 5) is 16.3. The number of hydrogen-bond donors (Lipinski definition) is 1. The van der Waals surface area contributed by atoms with Crippen molar-refractivity contribution in [3.8, 4) is 0 Å². The van der Waals surface area contributed by atoms with Gasteiger partial charge in [-0.15, -0.1) is 11.3 Å². The zero-order valence-electron chi connectivity index (χ0n) is 11.4. The van der Waals surface area contributed by atoms with Crippen molar-refractivity contribution in [1.29, 1.82) is 0 Å². The summed E-state index contributed by atoms with van der Waals surface area (Å²) < 4.78 is 23.7. The maximum atomic E-state index is 12.5. The molecule has 0 aromatic carbocycles. The standard InChI is InChI=1S/C12H17N3O3S3/c13-21(17,18)15-4-2-14(3-5-15)12(16)11-7-9-8-19-6-1-10(9)20-11/h7H,1-6,8H2,(H2,13,17,18). The van der Waals surface area contributed by atoms with Gasteiger partial charge in [0.15, 0.2) is 0 Å². The molecule has 1 amide bonds. The molecule has 116 valence electrons. The third-order valence-electron chi connectivity index (χ3n) is 3.72. The Kier molecular flexibility index (Phi) is 4.28. The Morgan fingerprint density at radius 2 is 1.95 bits per heavy atom. The number of nitrogens with zero attached hydrogens (tertiary/aromatic N) is 2. The van der Waals surface area contributed by atoms with Crippen molar-refractivity contribution in [2.24, 2.45) is 5.14 Å². The maximum Gasteiger partial charge on any atom is 0.277 e. The number of hydrogen-bond acceptors (Lipinski definition) is 5. The van der Waals surface area contributed by atoms with Crippen LogP contribution in [0.15, 0.2) is 6.07 Å². The summed E-state index contributed by atoms with van der Waals surface area (Å²) in [5, 5.41) is 5.10. The van der Waals surface area contributed by atoms with Gasteiger partial charge in [-0.05, 0) is 23.8 Å². The Hall–Kier alpha value is -0.610. The molecule has 0 unspecified atom stereocenters. The van der Waals surface area contributed by atoms with Crippen molar-refractivity contribution in [1.82, 2.24) is 9.21 Å². The number of piperazine rings is 1. The van der Waals surface area contributed by atoms with E-state index in [1.807, 2.05) is 17.8 Å². The third-order valence-corrected chi connectivity index (χ3v) is 7.04. The molecule has 0 radical (unpaired) electrons. The second kappa shape index (κ2) is 5.88. The number of rotatable bonds is 2. The number of aryl methyl sites for hydroxylation is 1. The van der Waals surface area contributed by atoms with Gasteiger partial charge in [0.1, 0.15) is 0 Å². The molecule has 2 N–H and O–H groups in total. The SMILES string of the molecule is NS(=O)(=O)N1CCN(C(=O)c2cc3c(s2)CCSC3)CC1. The Balaban J connectivity index is 1.68. The Labute approximate surface area is 132 Å². The average Bonchev–Trinajstić information content (AvgIpc) is 2.89. The van der Waals surface area contributed by atoms with Crippen LogP contribution >= 0.6 is 23.1 Å². The van der Waals surface area contributed by atoms with E-state index in [-0.39, 0.29) is 19.0 Å². The highest BCUT2D eigenvalue weighted by molar-refractivity contribution is 7.98. The van der Waals surface area contributed by atoms with E-state index in [4.69, 9.17) is 5.14 Å². The fourth-order valence-corrected chi connectivity index (χ4v) is 5.57. The monoisotopic (exact) mass is 347 g/mol. The highest BCUT2D eigenvalue weighted by Gasteiger charge is 2.28. The molecule has 3 heterocycles. The summed E-state index contributed by atoms with van der Waals surface area (Å²) in [6.45, 7) is 1.33. The molecule has 1 fully saturated rings. The van der Waals surface area contributed by atoms with Gasteiger partial charge in [-0.25, -0.2) is 5.14 Å². The normalized spacial score (nSPS) is 20.3. The predicted octanol–water partition coefficient (Wildman–Crippen LogP) is 0.499. The van der Waals surface area contributed by atoms with Crippen LogP contribution in [0.2, 0.25) is 0 Å². The fraction of sp³-hybridized carbons (Fsp3) is 0.583. The van der Waals surface area contributed by atoms with Crippen LogP contribution in [0.1, 0.15) is 20.1 Å². The lowest BCUT2D eigenvalue weighted by Gasteiger charge is -2.32. The van der Waals surface area contributed by atoms with Crippen LogP contribution < -0.4 is 5.14 Å². The van der Waals surface area contributed by atoms with E-state index in [0.29, 0.717) is 13.1 Å². The Bertz CT molecular complexity index is 624. The molecule has 0 saturated carbocycles. The lowest BCUT2D eigenvalue weighted by atomic mass is 10.2. The molecule has 9 heteroatoms. The molecular weight excluding hydrogens is 330 g/mol. The molecule has 0 atom stereocenters. The van der Waals surface area contributed by atoms with Crippen LogP contribution in [0.4, 0.5) is 0 Å². The van der Waals surface area contributed by atoms with E-state index in [1.165, 1.54) is 14.7 Å². The molecule has 0 spiro atoms. The van der Waals surface area contributed by atoms with Crippen molar-refractivity contribution < 1.29 is 13.2 Å². The molecule has 1 aromatic heterocycles. The second-order valence-corrected chi connectivity index (χ2v) is 8.89. The maximum absolute atomic E-state index is 12.5. The van der Waals surface area contributed by atoms with Gasteiger partial charge in [0.2, 0.25) is 0 Å². The minimum atomic E-state index is -3.65. The van der Waals surface area contributed by atoms with Crippen molar-refractivity contribution in [2.75, 3.05) is 31.9 Å². The zero-order valence-corrected chi connectivity index (χ0v) is 13.9. The largest absolute Gasteiger partial charge is 0.335 e. The quantitative estimate of drug-likeness (QED) is 0.844. The number of carbonyl (C=O) groups excluding carboxylic acids is 1.